The lowest BCUT2D eigenvalue weighted by atomic mass is 10.1. The van der Waals surface area contributed by atoms with E-state index in [4.69, 9.17) is 0 Å². The summed E-state index contributed by atoms with van der Waals surface area (Å²) in [6.45, 7) is -0.147. The number of fused-ring (bicyclic) bond motifs is 1. The Hall–Kier alpha value is -3.50. The summed E-state index contributed by atoms with van der Waals surface area (Å²) in [5, 5.41) is 5.45. The Morgan fingerprint density at radius 2 is 1.68 bits per heavy atom. The summed E-state index contributed by atoms with van der Waals surface area (Å²) in [5.74, 6) is -1.10. The molecule has 0 atom stereocenters. The fourth-order valence-electron chi connectivity index (χ4n) is 2.85. The minimum Gasteiger partial charge on any atom is -0.360 e. The van der Waals surface area contributed by atoms with E-state index in [1.54, 1.807) is 36.4 Å². The van der Waals surface area contributed by atoms with Crippen molar-refractivity contribution < 1.29 is 18.0 Å². The molecule has 3 N–H and O–H groups in total. The summed E-state index contributed by atoms with van der Waals surface area (Å²) >= 11 is 0. The van der Waals surface area contributed by atoms with Gasteiger partial charge in [0.15, 0.2) is 0 Å². The largest absolute Gasteiger partial charge is 0.360 e. The molecule has 0 radical (unpaired) electrons. The first-order chi connectivity index (χ1) is 14.7. The Kier molecular flexibility index (Phi) is 6.52. The molecule has 0 aliphatic rings. The number of aromatic nitrogens is 1. The van der Waals surface area contributed by atoms with Gasteiger partial charge in [-0.1, -0.05) is 24.3 Å². The van der Waals surface area contributed by atoms with Gasteiger partial charge >= 0.3 is 0 Å². The van der Waals surface area contributed by atoms with Crippen molar-refractivity contribution in [2.75, 3.05) is 20.6 Å². The SMILES string of the molecule is CN(C)S(=O)(=O)c1ccc(CNC(=O)CNC(=O)c2c[nH]c3ccccc3c2=O)cc1. The smallest absolute Gasteiger partial charge is 0.257 e. The zero-order chi connectivity index (χ0) is 22.6. The van der Waals surface area contributed by atoms with Crippen LogP contribution in [0, 0.1) is 0 Å². The van der Waals surface area contributed by atoms with E-state index < -0.39 is 27.3 Å². The van der Waals surface area contributed by atoms with Crippen molar-refractivity contribution in [2.45, 2.75) is 11.4 Å². The summed E-state index contributed by atoms with van der Waals surface area (Å²) in [6, 6.07) is 13.0. The van der Waals surface area contributed by atoms with Crippen molar-refractivity contribution in [3.8, 4) is 0 Å². The van der Waals surface area contributed by atoms with Gasteiger partial charge in [0, 0.05) is 37.7 Å². The van der Waals surface area contributed by atoms with E-state index in [1.807, 2.05) is 0 Å². The summed E-state index contributed by atoms with van der Waals surface area (Å²) in [7, 11) is -0.621. The standard InChI is InChI=1S/C21H22N4O5S/c1-25(2)31(29,30)15-9-7-14(8-10-15)11-23-19(26)13-24-21(28)17-12-22-18-6-4-3-5-16(18)20(17)27/h3-10,12H,11,13H2,1-2H3,(H,22,27)(H,23,26)(H,24,28). The molecule has 3 rings (SSSR count). The number of carbonyl (C=O) groups excluding carboxylic acids is 2. The maximum Gasteiger partial charge on any atom is 0.257 e. The van der Waals surface area contributed by atoms with Gasteiger partial charge in [-0.2, -0.15) is 0 Å². The van der Waals surface area contributed by atoms with E-state index in [0.29, 0.717) is 16.5 Å². The molecular weight excluding hydrogens is 420 g/mol. The van der Waals surface area contributed by atoms with Crippen LogP contribution >= 0.6 is 0 Å². The van der Waals surface area contributed by atoms with E-state index in [9.17, 15) is 22.8 Å². The maximum absolute atomic E-state index is 12.4. The van der Waals surface area contributed by atoms with Gasteiger partial charge in [-0.3, -0.25) is 14.4 Å². The van der Waals surface area contributed by atoms with Crippen LogP contribution in [0.3, 0.4) is 0 Å². The third-order valence-electron chi connectivity index (χ3n) is 4.63. The van der Waals surface area contributed by atoms with Crippen LogP contribution in [0.4, 0.5) is 0 Å². The quantitative estimate of drug-likeness (QED) is 0.499. The monoisotopic (exact) mass is 442 g/mol. The minimum atomic E-state index is -3.52. The van der Waals surface area contributed by atoms with Gasteiger partial charge in [0.1, 0.15) is 5.56 Å². The molecule has 0 saturated heterocycles. The molecule has 0 fully saturated rings. The van der Waals surface area contributed by atoms with Crippen molar-refractivity contribution in [1.82, 2.24) is 19.9 Å². The number of nitrogens with zero attached hydrogens (tertiary/aromatic N) is 1. The minimum absolute atomic E-state index is 0.0795. The molecule has 1 heterocycles. The fourth-order valence-corrected chi connectivity index (χ4v) is 3.75. The van der Waals surface area contributed by atoms with Crippen molar-refractivity contribution in [2.24, 2.45) is 0 Å². The summed E-state index contributed by atoms with van der Waals surface area (Å²) < 4.78 is 25.2. The maximum atomic E-state index is 12.4. The Morgan fingerprint density at radius 3 is 2.35 bits per heavy atom. The van der Waals surface area contributed by atoms with Crippen LogP contribution in [0.2, 0.25) is 0 Å². The molecule has 2 amide bonds. The van der Waals surface area contributed by atoms with E-state index >= 15 is 0 Å². The number of pyridine rings is 1. The van der Waals surface area contributed by atoms with Gasteiger partial charge < -0.3 is 15.6 Å². The molecular formula is C21H22N4O5S. The number of amides is 2. The number of rotatable bonds is 7. The van der Waals surface area contributed by atoms with E-state index in [-0.39, 0.29) is 23.5 Å². The molecule has 0 bridgehead atoms. The second-order valence-electron chi connectivity index (χ2n) is 6.97. The lowest BCUT2D eigenvalue weighted by Crippen LogP contribution is -2.38. The molecule has 31 heavy (non-hydrogen) atoms. The fraction of sp³-hybridized carbons (Fsp3) is 0.190. The van der Waals surface area contributed by atoms with Gasteiger partial charge in [-0.05, 0) is 29.8 Å². The lowest BCUT2D eigenvalue weighted by Gasteiger charge is -2.12. The van der Waals surface area contributed by atoms with Crippen LogP contribution in [-0.4, -0.2) is 50.2 Å². The van der Waals surface area contributed by atoms with Gasteiger partial charge in [0.05, 0.1) is 11.4 Å². The zero-order valence-corrected chi connectivity index (χ0v) is 17.8. The molecule has 9 nitrogen and oxygen atoms in total. The zero-order valence-electron chi connectivity index (χ0n) is 17.0. The first-order valence-electron chi connectivity index (χ1n) is 9.37. The van der Waals surface area contributed by atoms with Crippen molar-refractivity contribution in [3.05, 3.63) is 76.1 Å². The highest BCUT2D eigenvalue weighted by Crippen LogP contribution is 2.14. The van der Waals surface area contributed by atoms with Gasteiger partial charge in [-0.25, -0.2) is 12.7 Å². The summed E-state index contributed by atoms with van der Waals surface area (Å²) in [4.78, 5) is 39.8. The van der Waals surface area contributed by atoms with Crippen LogP contribution in [0.15, 0.2) is 64.4 Å². The number of hydrogen-bond acceptors (Lipinski definition) is 5. The highest BCUT2D eigenvalue weighted by Gasteiger charge is 2.17. The van der Waals surface area contributed by atoms with Crippen LogP contribution in [-0.2, 0) is 21.4 Å². The molecule has 0 aliphatic carbocycles. The van der Waals surface area contributed by atoms with Crippen LogP contribution in [0.5, 0.6) is 0 Å². The molecule has 0 aliphatic heterocycles. The second kappa shape index (κ2) is 9.11. The van der Waals surface area contributed by atoms with Crippen molar-refractivity contribution in [1.29, 1.82) is 0 Å². The van der Waals surface area contributed by atoms with Crippen LogP contribution in [0.25, 0.3) is 10.9 Å². The van der Waals surface area contributed by atoms with E-state index in [1.165, 1.54) is 32.4 Å². The molecule has 162 valence electrons. The number of para-hydroxylation sites is 1. The third-order valence-corrected chi connectivity index (χ3v) is 6.46. The Labute approximate surface area is 179 Å². The molecule has 0 unspecified atom stereocenters. The number of aromatic amines is 1. The molecule has 10 heteroatoms. The second-order valence-corrected chi connectivity index (χ2v) is 9.12. The number of H-pyrrole nitrogens is 1. The highest BCUT2D eigenvalue weighted by atomic mass is 32.2. The van der Waals surface area contributed by atoms with Crippen molar-refractivity contribution >= 4 is 32.7 Å². The Balaban J connectivity index is 1.55. The molecule has 1 aromatic heterocycles. The first kappa shape index (κ1) is 22.2. The van der Waals surface area contributed by atoms with Gasteiger partial charge in [0.2, 0.25) is 21.4 Å². The Morgan fingerprint density at radius 1 is 1.00 bits per heavy atom. The Bertz CT molecular complexity index is 1280. The number of sulfonamides is 1. The van der Waals surface area contributed by atoms with E-state index in [0.717, 1.165) is 4.31 Å². The third kappa shape index (κ3) is 4.98. The van der Waals surface area contributed by atoms with Crippen molar-refractivity contribution in [3.63, 3.8) is 0 Å². The highest BCUT2D eigenvalue weighted by molar-refractivity contribution is 7.89. The summed E-state index contributed by atoms with van der Waals surface area (Å²) in [5.41, 5.74) is 0.818. The number of benzene rings is 2. The van der Waals surface area contributed by atoms with Crippen LogP contribution < -0.4 is 16.1 Å². The lowest BCUT2D eigenvalue weighted by molar-refractivity contribution is -0.120. The van der Waals surface area contributed by atoms with Gasteiger partial charge in [-0.15, -0.1) is 0 Å². The normalized spacial score (nSPS) is 11.5. The average Bonchev–Trinajstić information content (AvgIpc) is 2.76. The first-order valence-corrected chi connectivity index (χ1v) is 10.8. The summed E-state index contributed by atoms with van der Waals surface area (Å²) in [6.07, 6.45) is 1.32. The van der Waals surface area contributed by atoms with Crippen LogP contribution in [0.1, 0.15) is 15.9 Å². The molecule has 0 saturated carbocycles. The number of carbonyl (C=O) groups is 2. The predicted molar refractivity (Wildman–Crippen MR) is 116 cm³/mol. The van der Waals surface area contributed by atoms with Gasteiger partial charge in [0.25, 0.3) is 5.91 Å². The molecule has 3 aromatic rings. The molecule has 2 aromatic carbocycles. The number of nitrogens with one attached hydrogen (secondary N) is 3. The predicted octanol–water partition coefficient (Wildman–Crippen LogP) is 0.825. The average molecular weight is 442 g/mol. The molecule has 0 spiro atoms. The topological polar surface area (TPSA) is 128 Å². The number of hydrogen-bond donors (Lipinski definition) is 3. The van der Waals surface area contributed by atoms with E-state index in [2.05, 4.69) is 15.6 Å².